The van der Waals surface area contributed by atoms with Gasteiger partial charge in [0.2, 0.25) is 0 Å². The van der Waals surface area contributed by atoms with Gasteiger partial charge in [-0.2, -0.15) is 0 Å². The first kappa shape index (κ1) is 13.6. The number of aromatic nitrogens is 3. The number of aliphatic hydroxyl groups excluding tert-OH is 1. The van der Waals surface area contributed by atoms with Crippen LogP contribution in [-0.2, 0) is 13.0 Å². The lowest BCUT2D eigenvalue weighted by atomic mass is 10.2. The third kappa shape index (κ3) is 3.36. The van der Waals surface area contributed by atoms with Gasteiger partial charge in [0.15, 0.2) is 0 Å². The normalized spacial score (nSPS) is 10.6. The summed E-state index contributed by atoms with van der Waals surface area (Å²) in [6, 6.07) is 4.59. The van der Waals surface area contributed by atoms with Gasteiger partial charge in [0.05, 0.1) is 17.2 Å². The Kier molecular flexibility index (Phi) is 4.23. The maximum Gasteiger partial charge on any atom is 0.270 e. The smallest absolute Gasteiger partial charge is 0.270 e. The fourth-order valence-corrected chi connectivity index (χ4v) is 2.09. The molecule has 0 unspecified atom stereocenters. The van der Waals surface area contributed by atoms with E-state index in [1.165, 1.54) is 12.1 Å². The SMILES string of the molecule is O=[N+]([O-])c1ccc(Cn2cc(CCO)nn2)c(Br)c1. The summed E-state index contributed by atoms with van der Waals surface area (Å²) in [6.45, 7) is 0.483. The molecule has 1 heterocycles. The number of nitro benzene ring substituents is 1. The minimum Gasteiger partial charge on any atom is -0.396 e. The van der Waals surface area contributed by atoms with Crippen LogP contribution in [0, 0.1) is 10.1 Å². The van der Waals surface area contributed by atoms with E-state index in [1.807, 2.05) is 0 Å². The minimum atomic E-state index is -0.441. The van der Waals surface area contributed by atoms with E-state index in [9.17, 15) is 10.1 Å². The lowest BCUT2D eigenvalue weighted by molar-refractivity contribution is -0.384. The lowest BCUT2D eigenvalue weighted by Crippen LogP contribution is -2.01. The van der Waals surface area contributed by atoms with Crippen LogP contribution in [0.5, 0.6) is 0 Å². The number of nitrogens with zero attached hydrogens (tertiary/aromatic N) is 4. The van der Waals surface area contributed by atoms with Crippen LogP contribution in [0.4, 0.5) is 5.69 Å². The molecule has 0 spiro atoms. The van der Waals surface area contributed by atoms with Crippen LogP contribution in [0.15, 0.2) is 28.9 Å². The quantitative estimate of drug-likeness (QED) is 0.664. The average molecular weight is 327 g/mol. The summed E-state index contributed by atoms with van der Waals surface area (Å²) < 4.78 is 2.28. The van der Waals surface area contributed by atoms with E-state index in [4.69, 9.17) is 5.11 Å². The van der Waals surface area contributed by atoms with Gasteiger partial charge in [-0.25, -0.2) is 4.68 Å². The Morgan fingerprint density at radius 3 is 2.89 bits per heavy atom. The van der Waals surface area contributed by atoms with E-state index in [0.717, 1.165) is 5.56 Å². The van der Waals surface area contributed by atoms with Gasteiger partial charge < -0.3 is 5.11 Å². The molecular formula is C11H11BrN4O3. The van der Waals surface area contributed by atoms with E-state index in [0.29, 0.717) is 23.1 Å². The van der Waals surface area contributed by atoms with Gasteiger partial charge in [0.25, 0.3) is 5.69 Å². The first-order chi connectivity index (χ1) is 9.10. The number of non-ortho nitro benzene ring substituents is 1. The highest BCUT2D eigenvalue weighted by Gasteiger charge is 2.10. The highest BCUT2D eigenvalue weighted by atomic mass is 79.9. The van der Waals surface area contributed by atoms with Crippen LogP contribution in [-0.4, -0.2) is 31.6 Å². The predicted octanol–water partition coefficient (Wildman–Crippen LogP) is 1.53. The highest BCUT2D eigenvalue weighted by molar-refractivity contribution is 9.10. The zero-order chi connectivity index (χ0) is 13.8. The fraction of sp³-hybridized carbons (Fsp3) is 0.273. The van der Waals surface area contributed by atoms with Gasteiger partial charge in [0.1, 0.15) is 0 Å². The molecule has 0 aliphatic rings. The Balaban J connectivity index is 2.16. The zero-order valence-electron chi connectivity index (χ0n) is 9.86. The van der Waals surface area contributed by atoms with Gasteiger partial charge in [-0.05, 0) is 11.6 Å². The summed E-state index contributed by atoms with van der Waals surface area (Å²) in [5.74, 6) is 0. The molecule has 0 fully saturated rings. The molecule has 0 saturated carbocycles. The Bertz CT molecular complexity index is 599. The molecule has 2 aromatic rings. The topological polar surface area (TPSA) is 94.1 Å². The molecule has 0 amide bonds. The summed E-state index contributed by atoms with van der Waals surface area (Å²) in [7, 11) is 0. The number of rotatable bonds is 5. The van der Waals surface area contributed by atoms with Crippen molar-refractivity contribution in [2.24, 2.45) is 0 Å². The van der Waals surface area contributed by atoms with E-state index in [-0.39, 0.29) is 12.3 Å². The molecule has 0 saturated heterocycles. The molecule has 2 rings (SSSR count). The molecule has 0 bridgehead atoms. The fourth-order valence-electron chi connectivity index (χ4n) is 1.60. The van der Waals surface area contributed by atoms with Crippen LogP contribution >= 0.6 is 15.9 Å². The van der Waals surface area contributed by atoms with Crippen molar-refractivity contribution in [3.05, 3.63) is 50.2 Å². The van der Waals surface area contributed by atoms with Crippen molar-refractivity contribution in [2.75, 3.05) is 6.61 Å². The molecule has 0 atom stereocenters. The van der Waals surface area contributed by atoms with Crippen molar-refractivity contribution < 1.29 is 10.0 Å². The molecule has 1 N–H and O–H groups in total. The monoisotopic (exact) mass is 326 g/mol. The molecule has 1 aromatic carbocycles. The second-order valence-electron chi connectivity index (χ2n) is 3.91. The number of benzene rings is 1. The molecule has 0 aliphatic heterocycles. The molecule has 8 heteroatoms. The van der Waals surface area contributed by atoms with Crippen LogP contribution < -0.4 is 0 Å². The van der Waals surface area contributed by atoms with Gasteiger partial charge >= 0.3 is 0 Å². The number of halogens is 1. The van der Waals surface area contributed by atoms with Crippen molar-refractivity contribution in [3.8, 4) is 0 Å². The zero-order valence-corrected chi connectivity index (χ0v) is 11.4. The van der Waals surface area contributed by atoms with Crippen LogP contribution in [0.2, 0.25) is 0 Å². The van der Waals surface area contributed by atoms with Gasteiger partial charge in [-0.1, -0.05) is 21.1 Å². The summed E-state index contributed by atoms with van der Waals surface area (Å²) in [4.78, 5) is 10.2. The maximum absolute atomic E-state index is 10.6. The molecule has 0 aliphatic carbocycles. The number of nitro groups is 1. The van der Waals surface area contributed by atoms with Crippen molar-refractivity contribution in [1.29, 1.82) is 0 Å². The average Bonchev–Trinajstić information content (AvgIpc) is 2.79. The van der Waals surface area contributed by atoms with Crippen molar-refractivity contribution in [2.45, 2.75) is 13.0 Å². The number of hydrogen-bond acceptors (Lipinski definition) is 5. The third-order valence-corrected chi connectivity index (χ3v) is 3.27. The Labute approximate surface area is 117 Å². The van der Waals surface area contributed by atoms with Crippen molar-refractivity contribution >= 4 is 21.6 Å². The second-order valence-corrected chi connectivity index (χ2v) is 4.77. The van der Waals surface area contributed by atoms with Crippen molar-refractivity contribution in [1.82, 2.24) is 15.0 Å². The Morgan fingerprint density at radius 1 is 1.47 bits per heavy atom. The largest absolute Gasteiger partial charge is 0.396 e. The first-order valence-electron chi connectivity index (χ1n) is 5.53. The summed E-state index contributed by atoms with van der Waals surface area (Å²) in [5.41, 5.74) is 1.61. The maximum atomic E-state index is 10.6. The van der Waals surface area contributed by atoms with Gasteiger partial charge in [-0.3, -0.25) is 10.1 Å². The highest BCUT2D eigenvalue weighted by Crippen LogP contribution is 2.23. The van der Waals surface area contributed by atoms with Crippen LogP contribution in [0.3, 0.4) is 0 Å². The molecule has 19 heavy (non-hydrogen) atoms. The standard InChI is InChI=1S/C11H11BrN4O3/c12-11-5-10(16(18)19)2-1-8(11)6-15-7-9(3-4-17)13-14-15/h1-2,5,7,17H,3-4,6H2. The Morgan fingerprint density at radius 2 is 2.26 bits per heavy atom. The number of hydrogen-bond donors (Lipinski definition) is 1. The predicted molar refractivity (Wildman–Crippen MR) is 70.7 cm³/mol. The number of aliphatic hydroxyl groups is 1. The summed E-state index contributed by atoms with van der Waals surface area (Å²) in [6.07, 6.45) is 2.20. The molecule has 100 valence electrons. The van der Waals surface area contributed by atoms with E-state index in [2.05, 4.69) is 26.2 Å². The van der Waals surface area contributed by atoms with E-state index in [1.54, 1.807) is 16.9 Å². The van der Waals surface area contributed by atoms with E-state index < -0.39 is 4.92 Å². The summed E-state index contributed by atoms with van der Waals surface area (Å²) in [5, 5.41) is 27.3. The molecule has 7 nitrogen and oxygen atoms in total. The third-order valence-electron chi connectivity index (χ3n) is 2.53. The molecule has 0 radical (unpaired) electrons. The van der Waals surface area contributed by atoms with Gasteiger partial charge in [0, 0.05) is 35.8 Å². The minimum absolute atomic E-state index is 0.0277. The van der Waals surface area contributed by atoms with Crippen LogP contribution in [0.25, 0.3) is 0 Å². The second kappa shape index (κ2) is 5.89. The molecular weight excluding hydrogens is 316 g/mol. The molecule has 1 aromatic heterocycles. The Hall–Kier alpha value is -1.80. The first-order valence-corrected chi connectivity index (χ1v) is 6.32. The summed E-state index contributed by atoms with van der Waals surface area (Å²) >= 11 is 3.30. The van der Waals surface area contributed by atoms with Gasteiger partial charge in [-0.15, -0.1) is 5.10 Å². The van der Waals surface area contributed by atoms with Crippen LogP contribution in [0.1, 0.15) is 11.3 Å². The lowest BCUT2D eigenvalue weighted by Gasteiger charge is -2.03. The van der Waals surface area contributed by atoms with Crippen molar-refractivity contribution in [3.63, 3.8) is 0 Å². The van der Waals surface area contributed by atoms with E-state index >= 15 is 0 Å².